The molecule has 32 heavy (non-hydrogen) atoms. The van der Waals surface area contributed by atoms with Gasteiger partial charge in [0.15, 0.2) is 17.2 Å². The van der Waals surface area contributed by atoms with Crippen molar-refractivity contribution < 1.29 is 17.9 Å². The molecule has 0 bridgehead atoms. The number of hydrogen-bond donors (Lipinski definition) is 1. The minimum absolute atomic E-state index is 0.111. The van der Waals surface area contributed by atoms with Gasteiger partial charge < -0.3 is 15.4 Å². The second-order valence-electron chi connectivity index (χ2n) is 7.58. The molecule has 0 radical (unpaired) electrons. The highest BCUT2D eigenvalue weighted by Gasteiger charge is 2.34. The summed E-state index contributed by atoms with van der Waals surface area (Å²) >= 11 is 0. The Kier molecular flexibility index (Phi) is 4.72. The molecule has 166 valence electrons. The third-order valence-electron chi connectivity index (χ3n) is 5.55. The molecule has 4 heterocycles. The molecule has 0 amide bonds. The molecule has 0 saturated carbocycles. The van der Waals surface area contributed by atoms with Gasteiger partial charge in [-0.15, -0.1) is 5.10 Å². The quantitative estimate of drug-likeness (QED) is 0.514. The van der Waals surface area contributed by atoms with E-state index in [4.69, 9.17) is 15.5 Å². The van der Waals surface area contributed by atoms with Crippen molar-refractivity contribution in [3.63, 3.8) is 0 Å². The van der Waals surface area contributed by atoms with Crippen LogP contribution in [0.15, 0.2) is 30.6 Å². The van der Waals surface area contributed by atoms with E-state index in [9.17, 15) is 13.2 Å². The number of hydrogen-bond acceptors (Lipinski definition) is 8. The molecule has 5 rings (SSSR count). The monoisotopic (exact) mass is 444 g/mol. The zero-order valence-corrected chi connectivity index (χ0v) is 17.0. The first-order valence-electron chi connectivity index (χ1n) is 9.98. The van der Waals surface area contributed by atoms with E-state index >= 15 is 0 Å². The number of nitrogen functional groups attached to an aromatic ring is 1. The number of methoxy groups -OCH3 is 1. The first-order chi connectivity index (χ1) is 15.3. The van der Waals surface area contributed by atoms with E-state index < -0.39 is 11.9 Å². The van der Waals surface area contributed by atoms with E-state index in [0.29, 0.717) is 35.8 Å². The van der Waals surface area contributed by atoms with Gasteiger partial charge >= 0.3 is 6.18 Å². The predicted molar refractivity (Wildman–Crippen MR) is 110 cm³/mol. The van der Waals surface area contributed by atoms with Gasteiger partial charge in [0.2, 0.25) is 5.95 Å². The molecule has 3 aromatic heterocycles. The smallest absolute Gasteiger partial charge is 0.434 e. The highest BCUT2D eigenvalue weighted by Crippen LogP contribution is 2.33. The van der Waals surface area contributed by atoms with Crippen LogP contribution in [0, 0.1) is 0 Å². The Morgan fingerprint density at radius 2 is 2.00 bits per heavy atom. The standard InChI is InChI=1S/C20H19F3N8O/c1-32-13-6-2-5-12-16(13)27-19(24)31-18(12)28-17(29-31)11-4-3-7-30(10-11)15-9-25-8-14(26-15)20(21,22)23/h2,5-6,8-9,11H,3-4,7,10H2,1H3,(H2,24,27)/t11-/m1/s1. The van der Waals surface area contributed by atoms with Crippen molar-refractivity contribution >= 4 is 28.3 Å². The summed E-state index contributed by atoms with van der Waals surface area (Å²) in [7, 11) is 1.55. The van der Waals surface area contributed by atoms with E-state index in [1.54, 1.807) is 18.1 Å². The third kappa shape index (κ3) is 3.41. The predicted octanol–water partition coefficient (Wildman–Crippen LogP) is 3.06. The van der Waals surface area contributed by atoms with Crippen LogP contribution in [0.1, 0.15) is 30.3 Å². The number of alkyl halides is 3. The molecular weight excluding hydrogens is 425 g/mol. The van der Waals surface area contributed by atoms with Crippen molar-refractivity contribution in [2.24, 2.45) is 0 Å². The average Bonchev–Trinajstić information content (AvgIpc) is 3.25. The molecule has 12 heteroatoms. The van der Waals surface area contributed by atoms with Crippen molar-refractivity contribution in [3.8, 4) is 5.75 Å². The van der Waals surface area contributed by atoms with Crippen LogP contribution in [0.5, 0.6) is 5.75 Å². The highest BCUT2D eigenvalue weighted by atomic mass is 19.4. The van der Waals surface area contributed by atoms with E-state index in [2.05, 4.69) is 20.1 Å². The maximum absolute atomic E-state index is 13.0. The first kappa shape index (κ1) is 20.2. The fourth-order valence-electron chi connectivity index (χ4n) is 4.02. The third-order valence-corrected chi connectivity index (χ3v) is 5.55. The fraction of sp³-hybridized carbons (Fsp3) is 0.350. The molecule has 9 nitrogen and oxygen atoms in total. The molecular formula is C20H19F3N8O. The van der Waals surface area contributed by atoms with Crippen molar-refractivity contribution in [1.29, 1.82) is 0 Å². The van der Waals surface area contributed by atoms with Gasteiger partial charge in [-0.3, -0.25) is 4.98 Å². The number of nitrogens with two attached hydrogens (primary N) is 1. The summed E-state index contributed by atoms with van der Waals surface area (Å²) in [6.07, 6.45) is -0.942. The fourth-order valence-corrected chi connectivity index (χ4v) is 4.02. The van der Waals surface area contributed by atoms with Crippen LogP contribution >= 0.6 is 0 Å². The topological polar surface area (TPSA) is 107 Å². The Bertz CT molecular complexity index is 1310. The minimum Gasteiger partial charge on any atom is -0.494 e. The van der Waals surface area contributed by atoms with E-state index in [0.717, 1.165) is 24.4 Å². The average molecular weight is 444 g/mol. The van der Waals surface area contributed by atoms with Gasteiger partial charge in [-0.05, 0) is 25.0 Å². The molecule has 1 saturated heterocycles. The van der Waals surface area contributed by atoms with Gasteiger partial charge in [-0.25, -0.2) is 15.0 Å². The molecule has 1 aromatic carbocycles. The van der Waals surface area contributed by atoms with E-state index in [1.807, 2.05) is 12.1 Å². The molecule has 1 aliphatic rings. The van der Waals surface area contributed by atoms with Crippen LogP contribution in [0.25, 0.3) is 16.6 Å². The second kappa shape index (κ2) is 7.46. The highest BCUT2D eigenvalue weighted by molar-refractivity contribution is 5.95. The van der Waals surface area contributed by atoms with Crippen molar-refractivity contribution in [2.45, 2.75) is 24.9 Å². The Morgan fingerprint density at radius 1 is 1.16 bits per heavy atom. The van der Waals surface area contributed by atoms with Crippen LogP contribution in [0.3, 0.4) is 0 Å². The van der Waals surface area contributed by atoms with Crippen LogP contribution in [-0.2, 0) is 6.18 Å². The molecule has 1 fully saturated rings. The number of rotatable bonds is 3. The minimum atomic E-state index is -4.55. The number of fused-ring (bicyclic) bond motifs is 3. The Morgan fingerprint density at radius 3 is 2.78 bits per heavy atom. The Hall–Kier alpha value is -3.70. The Labute approximate surface area is 180 Å². The summed E-state index contributed by atoms with van der Waals surface area (Å²) in [6.45, 7) is 0.991. The lowest BCUT2D eigenvalue weighted by Gasteiger charge is -2.32. The zero-order valence-electron chi connectivity index (χ0n) is 17.0. The molecule has 1 atom stereocenters. The maximum atomic E-state index is 13.0. The van der Waals surface area contributed by atoms with Crippen LogP contribution in [-0.4, -0.2) is 49.7 Å². The first-order valence-corrected chi connectivity index (χ1v) is 9.98. The number of anilines is 2. The van der Waals surface area contributed by atoms with Gasteiger partial charge in [0.1, 0.15) is 17.1 Å². The molecule has 0 unspecified atom stereocenters. The maximum Gasteiger partial charge on any atom is 0.434 e. The number of nitrogens with zero attached hydrogens (tertiary/aromatic N) is 7. The molecule has 0 aliphatic carbocycles. The lowest BCUT2D eigenvalue weighted by molar-refractivity contribution is -0.141. The number of halogens is 3. The molecule has 1 aliphatic heterocycles. The van der Waals surface area contributed by atoms with Crippen LogP contribution in [0.4, 0.5) is 24.9 Å². The van der Waals surface area contributed by atoms with Crippen LogP contribution < -0.4 is 15.4 Å². The lowest BCUT2D eigenvalue weighted by Crippen LogP contribution is -2.35. The molecule has 4 aromatic rings. The number of aromatic nitrogens is 6. The SMILES string of the molecule is COc1cccc2c1nc(N)n1nc([C@@H]3CCCN(c4cncc(C(F)(F)F)n4)C3)nc21. The van der Waals surface area contributed by atoms with Gasteiger partial charge in [0, 0.05) is 24.4 Å². The summed E-state index contributed by atoms with van der Waals surface area (Å²) < 4.78 is 46.0. The van der Waals surface area contributed by atoms with Crippen molar-refractivity contribution in [1.82, 2.24) is 29.5 Å². The summed E-state index contributed by atoms with van der Waals surface area (Å²) in [5.41, 5.74) is 6.25. The Balaban J connectivity index is 1.50. The number of piperidine rings is 1. The summed E-state index contributed by atoms with van der Waals surface area (Å²) in [4.78, 5) is 18.4. The number of benzene rings is 1. The van der Waals surface area contributed by atoms with Crippen molar-refractivity contribution in [2.75, 3.05) is 30.8 Å². The number of para-hydroxylation sites is 1. The number of ether oxygens (including phenoxy) is 1. The molecule has 2 N–H and O–H groups in total. The largest absolute Gasteiger partial charge is 0.494 e. The van der Waals surface area contributed by atoms with E-state index in [1.165, 1.54) is 10.7 Å². The van der Waals surface area contributed by atoms with Gasteiger partial charge in [-0.2, -0.15) is 17.7 Å². The zero-order chi connectivity index (χ0) is 22.5. The summed E-state index contributed by atoms with van der Waals surface area (Å²) in [5, 5.41) is 5.31. The summed E-state index contributed by atoms with van der Waals surface area (Å²) in [5.74, 6) is 1.38. The normalized spacial score (nSPS) is 17.2. The van der Waals surface area contributed by atoms with E-state index in [-0.39, 0.29) is 17.7 Å². The van der Waals surface area contributed by atoms with Gasteiger partial charge in [0.05, 0.1) is 19.5 Å². The van der Waals surface area contributed by atoms with Crippen molar-refractivity contribution in [3.05, 3.63) is 42.1 Å². The second-order valence-corrected chi connectivity index (χ2v) is 7.58. The lowest BCUT2D eigenvalue weighted by atomic mass is 9.97. The molecule has 0 spiro atoms. The van der Waals surface area contributed by atoms with Gasteiger partial charge in [0.25, 0.3) is 0 Å². The van der Waals surface area contributed by atoms with Crippen LogP contribution in [0.2, 0.25) is 0 Å². The van der Waals surface area contributed by atoms with Gasteiger partial charge in [-0.1, -0.05) is 6.07 Å². The summed E-state index contributed by atoms with van der Waals surface area (Å²) in [6, 6.07) is 5.49.